The van der Waals surface area contributed by atoms with Gasteiger partial charge in [0.2, 0.25) is 0 Å². The molecule has 0 aromatic carbocycles. The fourth-order valence-electron chi connectivity index (χ4n) is 6.18. The monoisotopic (exact) mass is 498 g/mol. The minimum absolute atomic E-state index is 0.110. The third kappa shape index (κ3) is 4.49. The molecular formula is C18H30N2O10S2. The van der Waals surface area contributed by atoms with Crippen molar-refractivity contribution in [1.29, 1.82) is 0 Å². The van der Waals surface area contributed by atoms with Crippen molar-refractivity contribution in [3.63, 3.8) is 0 Å². The first-order valence-corrected chi connectivity index (χ1v) is 13.8. The molecule has 0 aliphatic heterocycles. The van der Waals surface area contributed by atoms with Crippen LogP contribution in [0, 0.1) is 34.1 Å². The van der Waals surface area contributed by atoms with Crippen LogP contribution >= 0.6 is 0 Å². The van der Waals surface area contributed by atoms with Gasteiger partial charge in [0, 0.05) is 21.6 Å². The molecule has 0 aromatic rings. The Bertz CT molecular complexity index is 877. The van der Waals surface area contributed by atoms with E-state index in [0.29, 0.717) is 38.5 Å². The van der Waals surface area contributed by atoms with Gasteiger partial charge < -0.3 is 10.4 Å². The number of hydrogen-bond donors (Lipinski definition) is 0. The molecule has 12 nitrogen and oxygen atoms in total. The van der Waals surface area contributed by atoms with E-state index in [4.69, 9.17) is 8.37 Å². The van der Waals surface area contributed by atoms with Crippen molar-refractivity contribution in [1.82, 2.24) is 0 Å². The lowest BCUT2D eigenvalue weighted by Crippen LogP contribution is -2.50. The van der Waals surface area contributed by atoms with Crippen molar-refractivity contribution in [2.75, 3.05) is 13.2 Å². The Labute approximate surface area is 188 Å². The van der Waals surface area contributed by atoms with Crippen LogP contribution in [0.25, 0.3) is 0 Å². The van der Waals surface area contributed by atoms with Gasteiger partial charge in [-0.15, -0.1) is 0 Å². The second kappa shape index (κ2) is 8.95. The van der Waals surface area contributed by atoms with Gasteiger partial charge in [-0.05, 0) is 64.2 Å². The van der Waals surface area contributed by atoms with Gasteiger partial charge in [0.05, 0.1) is 13.2 Å². The minimum Gasteiger partial charge on any atom is -0.567 e. The Morgan fingerprint density at radius 3 is 1.38 bits per heavy atom. The van der Waals surface area contributed by atoms with E-state index in [-0.39, 0.29) is 46.6 Å². The molecule has 4 aliphatic carbocycles. The van der Waals surface area contributed by atoms with Crippen molar-refractivity contribution in [3.8, 4) is 0 Å². The molecule has 4 fully saturated rings. The maximum Gasteiger partial charge on any atom is 0.400 e. The lowest BCUT2D eigenvalue weighted by atomic mass is 9.92. The Kier molecular flexibility index (Phi) is 6.73. The first-order valence-electron chi connectivity index (χ1n) is 11.1. The van der Waals surface area contributed by atoms with Gasteiger partial charge >= 0.3 is 20.8 Å². The van der Waals surface area contributed by atoms with Gasteiger partial charge in [0.1, 0.15) is 0 Å². The summed E-state index contributed by atoms with van der Waals surface area (Å²) in [4.78, 5) is 0.510. The lowest BCUT2D eigenvalue weighted by Gasteiger charge is -2.29. The molecule has 184 valence electrons. The van der Waals surface area contributed by atoms with Gasteiger partial charge in [-0.1, -0.05) is 0 Å². The summed E-state index contributed by atoms with van der Waals surface area (Å²) < 4.78 is 68.0. The van der Waals surface area contributed by atoms with E-state index in [1.54, 1.807) is 0 Å². The van der Waals surface area contributed by atoms with Crippen LogP contribution in [0.5, 0.6) is 0 Å². The molecule has 0 spiro atoms. The largest absolute Gasteiger partial charge is 0.567 e. The summed E-state index contributed by atoms with van der Waals surface area (Å²) in [5.41, 5.74) is 0. The maximum atomic E-state index is 13.3. The number of fused-ring (bicyclic) bond motifs is 4. The summed E-state index contributed by atoms with van der Waals surface area (Å²) in [5, 5.41) is 26.5. The fourth-order valence-corrected chi connectivity index (χ4v) is 7.95. The van der Waals surface area contributed by atoms with Crippen molar-refractivity contribution in [2.45, 2.75) is 76.7 Å². The molecule has 4 aliphatic rings. The van der Waals surface area contributed by atoms with Gasteiger partial charge in [-0.2, -0.15) is 16.8 Å². The topological polar surface area (TPSA) is 157 Å². The Morgan fingerprint density at radius 1 is 0.688 bits per heavy atom. The molecule has 0 unspecified atom stereocenters. The van der Waals surface area contributed by atoms with Crippen molar-refractivity contribution in [2.24, 2.45) is 23.7 Å². The van der Waals surface area contributed by atoms with Crippen molar-refractivity contribution in [3.05, 3.63) is 10.4 Å². The second-order valence-corrected chi connectivity index (χ2v) is 11.5. The average Bonchev–Trinajstić information content (AvgIpc) is 3.47. The molecule has 4 saturated carbocycles. The van der Waals surface area contributed by atoms with E-state index in [9.17, 15) is 27.3 Å². The highest BCUT2D eigenvalue weighted by molar-refractivity contribution is 7.82. The number of hydrogen-bond acceptors (Lipinski definition) is 10. The zero-order valence-corrected chi connectivity index (χ0v) is 19.7. The predicted octanol–water partition coefficient (Wildman–Crippen LogP) is 1.39. The summed E-state index contributed by atoms with van der Waals surface area (Å²) in [7, 11) is -8.61. The third-order valence-corrected chi connectivity index (χ3v) is 9.25. The summed E-state index contributed by atoms with van der Waals surface area (Å²) >= 11 is 0. The van der Waals surface area contributed by atoms with E-state index < -0.39 is 45.1 Å². The summed E-state index contributed by atoms with van der Waals surface area (Å²) in [6, 6.07) is -1.99. The highest BCUT2D eigenvalue weighted by atomic mass is 32.3. The smallest absolute Gasteiger partial charge is 0.400 e. The fraction of sp³-hybridized carbons (Fsp3) is 1.00. The first kappa shape index (κ1) is 24.1. The van der Waals surface area contributed by atoms with E-state index in [0.717, 1.165) is 0 Å². The highest BCUT2D eigenvalue weighted by Gasteiger charge is 2.62. The first-order chi connectivity index (χ1) is 15.1. The molecule has 0 aromatic heterocycles. The van der Waals surface area contributed by atoms with Gasteiger partial charge in [0.15, 0.2) is 12.2 Å². The van der Waals surface area contributed by atoms with Crippen LogP contribution in [0.3, 0.4) is 0 Å². The number of nitrogens with zero attached hydrogens (tertiary/aromatic N) is 2. The molecule has 32 heavy (non-hydrogen) atoms. The second-order valence-electron chi connectivity index (χ2n) is 9.00. The van der Waals surface area contributed by atoms with Crippen molar-refractivity contribution < 1.29 is 43.3 Å². The van der Waals surface area contributed by atoms with Gasteiger partial charge in [-0.3, -0.25) is 0 Å². The molecule has 0 amide bonds. The molecule has 14 heteroatoms. The SMILES string of the molecule is CCOS(=O)(=O)O[C@H]1[C@H]2CC[C@H](C2)[C@H]1/[N+]([O-])=[N+](\[O-])[C@@H]1[C@H]2CC[C@H](C2)[C@@H]1OS(=O)(=O)OCC. The molecule has 0 heterocycles. The molecule has 0 radical (unpaired) electrons. The summed E-state index contributed by atoms with van der Waals surface area (Å²) in [6.07, 6.45) is 1.95. The van der Waals surface area contributed by atoms with Crippen LogP contribution in [0.15, 0.2) is 0 Å². The molecule has 0 N–H and O–H groups in total. The zero-order valence-electron chi connectivity index (χ0n) is 18.1. The zero-order chi connectivity index (χ0) is 23.3. The number of azo groups is 1. The third-order valence-electron chi connectivity index (χ3n) is 7.28. The summed E-state index contributed by atoms with van der Waals surface area (Å²) in [6.45, 7) is 2.79. The van der Waals surface area contributed by atoms with Crippen LogP contribution in [-0.4, -0.2) is 64.1 Å². The van der Waals surface area contributed by atoms with Crippen LogP contribution in [0.2, 0.25) is 0 Å². The Balaban J connectivity index is 1.61. The van der Waals surface area contributed by atoms with Gasteiger partial charge in [-0.25, -0.2) is 16.7 Å². The van der Waals surface area contributed by atoms with Gasteiger partial charge in [0.25, 0.3) is 12.1 Å². The highest BCUT2D eigenvalue weighted by Crippen LogP contribution is 2.50. The van der Waals surface area contributed by atoms with E-state index in [2.05, 4.69) is 8.37 Å². The number of rotatable bonds is 10. The van der Waals surface area contributed by atoms with E-state index in [1.165, 1.54) is 13.8 Å². The molecule has 4 rings (SSSR count). The molecular weight excluding hydrogens is 468 g/mol. The number of hydroxylamine groups is 2. The summed E-state index contributed by atoms with van der Waals surface area (Å²) in [5.74, 6) is -0.729. The Morgan fingerprint density at radius 2 is 1.03 bits per heavy atom. The van der Waals surface area contributed by atoms with Crippen LogP contribution in [-0.2, 0) is 37.5 Å². The predicted molar refractivity (Wildman–Crippen MR) is 107 cm³/mol. The molecule has 0 saturated heterocycles. The minimum atomic E-state index is -4.30. The lowest BCUT2D eigenvalue weighted by molar-refractivity contribution is -1.00. The van der Waals surface area contributed by atoms with Crippen LogP contribution in [0.1, 0.15) is 52.4 Å². The quantitative estimate of drug-likeness (QED) is 0.245. The van der Waals surface area contributed by atoms with E-state index in [1.807, 2.05) is 0 Å². The van der Waals surface area contributed by atoms with Crippen LogP contribution in [0.4, 0.5) is 0 Å². The Hall–Kier alpha value is -1.06. The molecule has 8 atom stereocenters. The van der Waals surface area contributed by atoms with Crippen LogP contribution < -0.4 is 0 Å². The standard InChI is InChI=1S/C18H30N2O10S2/c1-3-27-31(23,24)29-17-13-7-5-11(9-13)15(17)19(21)20(22)16-12-6-8-14(10-12)18(16)30-32(25,26)28-4-2/h11-18H,3-10H2,1-2H3/b20-19+/t11-,12+,13+,14-,15-,16-,17+,18+/m1/s1. The normalized spacial score (nSPS) is 39.6. The van der Waals surface area contributed by atoms with Crippen molar-refractivity contribution >= 4 is 20.8 Å². The maximum absolute atomic E-state index is 13.3. The molecule has 4 bridgehead atoms. The average molecular weight is 499 g/mol. The van der Waals surface area contributed by atoms with E-state index >= 15 is 0 Å².